The first-order valence-corrected chi connectivity index (χ1v) is 8.31. The van der Waals surface area contributed by atoms with Crippen molar-refractivity contribution < 1.29 is 13.6 Å². The quantitative estimate of drug-likeness (QED) is 0.318. The molecule has 0 fully saturated rings. The Bertz CT molecular complexity index is 594. The number of nitrogens with two attached hydrogens (primary N) is 1. The molecule has 0 saturated heterocycles. The van der Waals surface area contributed by atoms with Crippen LogP contribution in [0.25, 0.3) is 0 Å². The first-order chi connectivity index (χ1) is 9.86. The Morgan fingerprint density at radius 1 is 1.52 bits per heavy atom. The highest BCUT2D eigenvalue weighted by Gasteiger charge is 2.26. The smallest absolute Gasteiger partial charge is 0.262 e. The number of aromatic nitrogens is 2. The van der Waals surface area contributed by atoms with E-state index in [1.54, 1.807) is 20.0 Å². The molecule has 1 heterocycles. The predicted molar refractivity (Wildman–Crippen MR) is 79.7 cm³/mol. The van der Waals surface area contributed by atoms with Crippen LogP contribution in [0.4, 0.5) is 0 Å². The van der Waals surface area contributed by atoms with E-state index in [-0.39, 0.29) is 23.8 Å². The van der Waals surface area contributed by atoms with Gasteiger partial charge in [-0.05, 0) is 13.3 Å². The van der Waals surface area contributed by atoms with Crippen molar-refractivity contribution >= 4 is 15.9 Å². The van der Waals surface area contributed by atoms with Gasteiger partial charge in [0.05, 0.1) is 0 Å². The zero-order valence-electron chi connectivity index (χ0n) is 12.7. The minimum atomic E-state index is -3.67. The lowest BCUT2D eigenvalue weighted by Crippen LogP contribution is -2.34. The molecule has 0 spiro atoms. The summed E-state index contributed by atoms with van der Waals surface area (Å²) >= 11 is 0. The van der Waals surface area contributed by atoms with Crippen molar-refractivity contribution in [2.24, 2.45) is 10.9 Å². The number of rotatable bonds is 8. The fraction of sp³-hybridized carbons (Fsp3) is 0.667. The van der Waals surface area contributed by atoms with Crippen LogP contribution < -0.4 is 5.73 Å². The lowest BCUT2D eigenvalue weighted by molar-refractivity contribution is 0.315. The molecule has 1 rings (SSSR count). The Hall–Kier alpha value is -1.61. The largest absolute Gasteiger partial charge is 0.409 e. The SMILES string of the molecule is CCCn1cc(S(=O)(=O)N(CC)CCC(N)=NO)nc1C. The van der Waals surface area contributed by atoms with E-state index in [9.17, 15) is 8.42 Å². The molecule has 3 N–H and O–H groups in total. The average molecular weight is 317 g/mol. The van der Waals surface area contributed by atoms with Crippen LogP contribution in [-0.2, 0) is 16.6 Å². The summed E-state index contributed by atoms with van der Waals surface area (Å²) in [6.07, 6.45) is 2.62. The van der Waals surface area contributed by atoms with Crippen LogP contribution >= 0.6 is 0 Å². The zero-order chi connectivity index (χ0) is 16.0. The summed E-state index contributed by atoms with van der Waals surface area (Å²) in [5.74, 6) is 0.666. The third-order valence-corrected chi connectivity index (χ3v) is 4.97. The third-order valence-electron chi connectivity index (χ3n) is 3.12. The van der Waals surface area contributed by atoms with Gasteiger partial charge in [0.2, 0.25) is 0 Å². The summed E-state index contributed by atoms with van der Waals surface area (Å²) in [4.78, 5) is 4.14. The van der Waals surface area contributed by atoms with E-state index < -0.39 is 10.0 Å². The van der Waals surface area contributed by atoms with Crippen molar-refractivity contribution in [1.29, 1.82) is 0 Å². The van der Waals surface area contributed by atoms with E-state index in [0.717, 1.165) is 13.0 Å². The monoisotopic (exact) mass is 317 g/mol. The molecule has 0 aliphatic carbocycles. The first kappa shape index (κ1) is 17.4. The maximum Gasteiger partial charge on any atom is 0.262 e. The average Bonchev–Trinajstić information content (AvgIpc) is 2.81. The van der Waals surface area contributed by atoms with Gasteiger partial charge in [-0.2, -0.15) is 4.31 Å². The van der Waals surface area contributed by atoms with Crippen LogP contribution in [0, 0.1) is 6.92 Å². The van der Waals surface area contributed by atoms with Crippen LogP contribution in [0.2, 0.25) is 0 Å². The molecule has 1 aromatic rings. The van der Waals surface area contributed by atoms with Crippen LogP contribution in [0.5, 0.6) is 0 Å². The molecule has 0 unspecified atom stereocenters. The molecule has 0 saturated carbocycles. The molecule has 0 aromatic carbocycles. The molecule has 0 amide bonds. The van der Waals surface area contributed by atoms with Gasteiger partial charge < -0.3 is 15.5 Å². The fourth-order valence-electron chi connectivity index (χ4n) is 1.94. The number of hydrogen-bond donors (Lipinski definition) is 2. The molecule has 0 atom stereocenters. The van der Waals surface area contributed by atoms with Gasteiger partial charge in [0.25, 0.3) is 10.0 Å². The van der Waals surface area contributed by atoms with Gasteiger partial charge in [0.15, 0.2) is 5.03 Å². The Morgan fingerprint density at radius 3 is 2.71 bits per heavy atom. The summed E-state index contributed by atoms with van der Waals surface area (Å²) in [5, 5.41) is 11.4. The summed E-state index contributed by atoms with van der Waals surface area (Å²) < 4.78 is 28.2. The van der Waals surface area contributed by atoms with Gasteiger partial charge in [-0.25, -0.2) is 13.4 Å². The molecule has 21 heavy (non-hydrogen) atoms. The van der Waals surface area contributed by atoms with Crippen molar-refractivity contribution in [2.75, 3.05) is 13.1 Å². The van der Waals surface area contributed by atoms with Gasteiger partial charge in [0, 0.05) is 32.3 Å². The number of aryl methyl sites for hydroxylation is 2. The molecule has 1 aromatic heterocycles. The lowest BCUT2D eigenvalue weighted by Gasteiger charge is -2.18. The van der Waals surface area contributed by atoms with Crippen molar-refractivity contribution in [3.63, 3.8) is 0 Å². The van der Waals surface area contributed by atoms with Crippen molar-refractivity contribution in [1.82, 2.24) is 13.9 Å². The second-order valence-electron chi connectivity index (χ2n) is 4.66. The van der Waals surface area contributed by atoms with Crippen LogP contribution in [-0.4, -0.2) is 46.4 Å². The van der Waals surface area contributed by atoms with E-state index in [2.05, 4.69) is 10.1 Å². The molecule has 0 bridgehead atoms. The van der Waals surface area contributed by atoms with E-state index in [1.165, 1.54) is 4.31 Å². The molecule has 0 aliphatic rings. The topological polar surface area (TPSA) is 114 Å². The second kappa shape index (κ2) is 7.41. The van der Waals surface area contributed by atoms with E-state index in [0.29, 0.717) is 12.4 Å². The maximum absolute atomic E-state index is 12.5. The number of sulfonamides is 1. The van der Waals surface area contributed by atoms with Gasteiger partial charge in [-0.3, -0.25) is 0 Å². The lowest BCUT2D eigenvalue weighted by atomic mass is 10.4. The summed E-state index contributed by atoms with van der Waals surface area (Å²) in [7, 11) is -3.67. The number of oxime groups is 1. The van der Waals surface area contributed by atoms with Crippen LogP contribution in [0.1, 0.15) is 32.5 Å². The zero-order valence-corrected chi connectivity index (χ0v) is 13.5. The van der Waals surface area contributed by atoms with Gasteiger partial charge >= 0.3 is 0 Å². The number of imidazole rings is 1. The number of hydrogen-bond acceptors (Lipinski definition) is 5. The summed E-state index contributed by atoms with van der Waals surface area (Å²) in [6.45, 7) is 6.70. The molecular weight excluding hydrogens is 294 g/mol. The normalized spacial score (nSPS) is 13.0. The molecule has 0 aliphatic heterocycles. The third kappa shape index (κ3) is 4.18. The summed E-state index contributed by atoms with van der Waals surface area (Å²) in [6, 6.07) is 0. The molecule has 120 valence electrons. The Morgan fingerprint density at radius 2 is 2.19 bits per heavy atom. The van der Waals surface area contributed by atoms with Gasteiger partial charge in [-0.15, -0.1) is 0 Å². The minimum Gasteiger partial charge on any atom is -0.409 e. The standard InChI is InChI=1S/C12H23N5O3S/c1-4-7-16-9-12(14-10(16)3)21(19,20)17(5-2)8-6-11(13)15-18/h9,18H,4-8H2,1-3H3,(H2,13,15). The van der Waals surface area contributed by atoms with Crippen LogP contribution in [0.15, 0.2) is 16.4 Å². The Kier molecular flexibility index (Phi) is 6.16. The number of nitrogens with zero attached hydrogens (tertiary/aromatic N) is 4. The van der Waals surface area contributed by atoms with E-state index in [4.69, 9.17) is 10.9 Å². The van der Waals surface area contributed by atoms with Crippen LogP contribution in [0.3, 0.4) is 0 Å². The molecule has 9 heteroatoms. The first-order valence-electron chi connectivity index (χ1n) is 6.87. The van der Waals surface area contributed by atoms with Crippen molar-refractivity contribution in [3.05, 3.63) is 12.0 Å². The highest BCUT2D eigenvalue weighted by molar-refractivity contribution is 7.89. The maximum atomic E-state index is 12.5. The highest BCUT2D eigenvalue weighted by atomic mass is 32.2. The predicted octanol–water partition coefficient (Wildman–Crippen LogP) is 0.749. The Balaban J connectivity index is 2.98. The van der Waals surface area contributed by atoms with Crippen molar-refractivity contribution in [2.45, 2.75) is 45.2 Å². The van der Waals surface area contributed by atoms with E-state index in [1.807, 2.05) is 11.5 Å². The van der Waals surface area contributed by atoms with Gasteiger partial charge in [-0.1, -0.05) is 19.0 Å². The molecule has 0 radical (unpaired) electrons. The van der Waals surface area contributed by atoms with Gasteiger partial charge in [0.1, 0.15) is 11.7 Å². The summed E-state index contributed by atoms with van der Waals surface area (Å²) in [5.41, 5.74) is 5.38. The van der Waals surface area contributed by atoms with Crippen molar-refractivity contribution in [3.8, 4) is 0 Å². The Labute approximate surface area is 125 Å². The molecular formula is C12H23N5O3S. The molecule has 8 nitrogen and oxygen atoms in total. The highest BCUT2D eigenvalue weighted by Crippen LogP contribution is 2.16. The minimum absolute atomic E-state index is 0.00339. The van der Waals surface area contributed by atoms with E-state index >= 15 is 0 Å². The second-order valence-corrected chi connectivity index (χ2v) is 6.54. The number of amidine groups is 1. The fourth-order valence-corrected chi connectivity index (χ4v) is 3.38.